The third kappa shape index (κ3) is 3.27. The van der Waals surface area contributed by atoms with Crippen LogP contribution in [0.1, 0.15) is 23.7 Å². The molecule has 1 aromatic heterocycles. The van der Waals surface area contributed by atoms with Crippen LogP contribution < -0.4 is 11.1 Å². The summed E-state index contributed by atoms with van der Waals surface area (Å²) in [4.78, 5) is 11.7. The van der Waals surface area contributed by atoms with Gasteiger partial charge < -0.3 is 20.7 Å². The predicted molar refractivity (Wildman–Crippen MR) is 61.4 cm³/mol. The van der Waals surface area contributed by atoms with Crippen molar-refractivity contribution in [1.82, 2.24) is 5.32 Å². The zero-order valence-corrected chi connectivity index (χ0v) is 10.2. The molecular formula is C9H12BrN3O3. The number of hydrogen-bond donors (Lipinski definition) is 3. The number of amidine groups is 1. The van der Waals surface area contributed by atoms with Gasteiger partial charge in [0, 0.05) is 12.5 Å². The first-order valence-corrected chi connectivity index (χ1v) is 5.34. The largest absolute Gasteiger partial charge is 0.457 e. The number of rotatable bonds is 4. The summed E-state index contributed by atoms with van der Waals surface area (Å²) in [5.41, 5.74) is 5.73. The van der Waals surface area contributed by atoms with Gasteiger partial charge in [0.05, 0.1) is 11.8 Å². The van der Waals surface area contributed by atoms with Gasteiger partial charge in [0.25, 0.3) is 5.91 Å². The van der Waals surface area contributed by atoms with Crippen LogP contribution in [0.15, 0.2) is 26.6 Å². The number of nitrogens with one attached hydrogen (secondary N) is 1. The van der Waals surface area contributed by atoms with Crippen molar-refractivity contribution in [1.29, 1.82) is 0 Å². The smallest absolute Gasteiger partial charge is 0.255 e. The van der Waals surface area contributed by atoms with Crippen molar-refractivity contribution in [2.75, 3.05) is 0 Å². The van der Waals surface area contributed by atoms with Gasteiger partial charge >= 0.3 is 0 Å². The Morgan fingerprint density at radius 1 is 1.81 bits per heavy atom. The number of nitrogens with two attached hydrogens (primary N) is 1. The van der Waals surface area contributed by atoms with Crippen molar-refractivity contribution in [3.8, 4) is 0 Å². The summed E-state index contributed by atoms with van der Waals surface area (Å²) in [5.74, 6) is -0.210. The van der Waals surface area contributed by atoms with E-state index in [-0.39, 0.29) is 24.2 Å². The second kappa shape index (κ2) is 5.55. The maximum absolute atomic E-state index is 11.7. The number of carbonyl (C=O) groups excluding carboxylic acids is 1. The van der Waals surface area contributed by atoms with E-state index >= 15 is 0 Å². The number of hydrogen-bond acceptors (Lipinski definition) is 4. The molecule has 7 heteroatoms. The molecule has 0 saturated heterocycles. The molecule has 88 valence electrons. The molecule has 0 aromatic carbocycles. The molecule has 0 aliphatic heterocycles. The molecular weight excluding hydrogens is 278 g/mol. The Bertz CT molecular complexity index is 402. The molecule has 0 aliphatic rings. The first kappa shape index (κ1) is 12.6. The molecule has 1 heterocycles. The van der Waals surface area contributed by atoms with Crippen LogP contribution in [0.25, 0.3) is 0 Å². The zero-order valence-electron chi connectivity index (χ0n) is 8.61. The highest BCUT2D eigenvalue weighted by Crippen LogP contribution is 2.17. The van der Waals surface area contributed by atoms with Crippen LogP contribution in [-0.4, -0.2) is 23.0 Å². The lowest BCUT2D eigenvalue weighted by Gasteiger charge is -2.12. The van der Waals surface area contributed by atoms with Crippen molar-refractivity contribution in [3.63, 3.8) is 0 Å². The molecule has 1 aromatic rings. The van der Waals surface area contributed by atoms with Crippen LogP contribution in [0.3, 0.4) is 0 Å². The van der Waals surface area contributed by atoms with E-state index in [1.54, 1.807) is 13.0 Å². The third-order valence-electron chi connectivity index (χ3n) is 1.88. The van der Waals surface area contributed by atoms with Crippen LogP contribution in [0.2, 0.25) is 0 Å². The van der Waals surface area contributed by atoms with E-state index in [2.05, 4.69) is 26.4 Å². The molecule has 1 rings (SSSR count). The highest BCUT2D eigenvalue weighted by molar-refractivity contribution is 9.10. The Morgan fingerprint density at radius 2 is 2.50 bits per heavy atom. The van der Waals surface area contributed by atoms with Crippen molar-refractivity contribution >= 4 is 27.7 Å². The van der Waals surface area contributed by atoms with Crippen LogP contribution in [0, 0.1) is 0 Å². The fraction of sp³-hybridized carbons (Fsp3) is 0.333. The van der Waals surface area contributed by atoms with Gasteiger partial charge in [0.1, 0.15) is 5.84 Å². The van der Waals surface area contributed by atoms with Gasteiger partial charge in [-0.05, 0) is 28.9 Å². The fourth-order valence-corrected chi connectivity index (χ4v) is 1.58. The van der Waals surface area contributed by atoms with E-state index in [0.717, 1.165) is 0 Å². The molecule has 6 nitrogen and oxygen atoms in total. The van der Waals surface area contributed by atoms with E-state index in [1.807, 2.05) is 0 Å². The van der Waals surface area contributed by atoms with Gasteiger partial charge in [-0.3, -0.25) is 4.79 Å². The van der Waals surface area contributed by atoms with Crippen LogP contribution in [0.4, 0.5) is 0 Å². The Kier molecular flexibility index (Phi) is 4.36. The summed E-state index contributed by atoms with van der Waals surface area (Å²) < 4.78 is 5.31. The molecule has 1 amide bonds. The number of furan rings is 1. The second-order valence-electron chi connectivity index (χ2n) is 3.28. The number of halogens is 1. The number of nitrogens with zero attached hydrogens (tertiary/aromatic N) is 1. The molecule has 0 spiro atoms. The molecule has 1 unspecified atom stereocenters. The number of carbonyl (C=O) groups is 1. The monoisotopic (exact) mass is 289 g/mol. The van der Waals surface area contributed by atoms with Gasteiger partial charge in [0.2, 0.25) is 0 Å². The SMILES string of the molecule is CC(C/C(N)=N/O)NC(=O)c1ccoc1Br. The third-order valence-corrected chi connectivity index (χ3v) is 2.50. The van der Waals surface area contributed by atoms with Gasteiger partial charge in [-0.2, -0.15) is 0 Å². The molecule has 4 N–H and O–H groups in total. The van der Waals surface area contributed by atoms with E-state index in [4.69, 9.17) is 15.4 Å². The lowest BCUT2D eigenvalue weighted by Crippen LogP contribution is -2.35. The van der Waals surface area contributed by atoms with Crippen LogP contribution >= 0.6 is 15.9 Å². The molecule has 16 heavy (non-hydrogen) atoms. The number of oxime groups is 1. The van der Waals surface area contributed by atoms with E-state index in [0.29, 0.717) is 10.2 Å². The minimum absolute atomic E-state index is 0.0686. The van der Waals surface area contributed by atoms with Gasteiger partial charge in [-0.25, -0.2) is 0 Å². The van der Waals surface area contributed by atoms with Crippen molar-refractivity contribution in [3.05, 3.63) is 22.6 Å². The summed E-state index contributed by atoms with van der Waals surface area (Å²) in [7, 11) is 0. The van der Waals surface area contributed by atoms with Gasteiger partial charge in [-0.15, -0.1) is 0 Å². The highest BCUT2D eigenvalue weighted by Gasteiger charge is 2.15. The van der Waals surface area contributed by atoms with E-state index in [1.165, 1.54) is 6.26 Å². The van der Waals surface area contributed by atoms with Gasteiger partial charge in [-0.1, -0.05) is 5.16 Å². The first-order valence-electron chi connectivity index (χ1n) is 4.55. The molecule has 0 aliphatic carbocycles. The van der Waals surface area contributed by atoms with Crippen LogP contribution in [-0.2, 0) is 0 Å². The Labute approximate surface area is 101 Å². The molecule has 0 bridgehead atoms. The van der Waals surface area contributed by atoms with Crippen LogP contribution in [0.5, 0.6) is 0 Å². The Balaban J connectivity index is 2.55. The summed E-state index contributed by atoms with van der Waals surface area (Å²) in [6, 6.07) is 1.32. The minimum Gasteiger partial charge on any atom is -0.457 e. The summed E-state index contributed by atoms with van der Waals surface area (Å²) in [6.07, 6.45) is 1.69. The topological polar surface area (TPSA) is 101 Å². The normalized spacial score (nSPS) is 13.5. The van der Waals surface area contributed by atoms with Crippen molar-refractivity contribution < 1.29 is 14.4 Å². The molecule has 0 radical (unpaired) electrons. The minimum atomic E-state index is -0.279. The highest BCUT2D eigenvalue weighted by atomic mass is 79.9. The fourth-order valence-electron chi connectivity index (χ4n) is 1.16. The molecule has 0 fully saturated rings. The first-order chi connectivity index (χ1) is 7.54. The van der Waals surface area contributed by atoms with Crippen molar-refractivity contribution in [2.45, 2.75) is 19.4 Å². The van der Waals surface area contributed by atoms with E-state index in [9.17, 15) is 4.79 Å². The zero-order chi connectivity index (χ0) is 12.1. The second-order valence-corrected chi connectivity index (χ2v) is 4.00. The lowest BCUT2D eigenvalue weighted by atomic mass is 10.2. The Morgan fingerprint density at radius 3 is 3.00 bits per heavy atom. The number of amides is 1. The van der Waals surface area contributed by atoms with Crippen molar-refractivity contribution in [2.24, 2.45) is 10.9 Å². The summed E-state index contributed by atoms with van der Waals surface area (Å²) in [6.45, 7) is 1.75. The lowest BCUT2D eigenvalue weighted by molar-refractivity contribution is 0.0939. The Hall–Kier alpha value is -1.50. The summed E-state index contributed by atoms with van der Waals surface area (Å²) >= 11 is 3.11. The predicted octanol–water partition coefficient (Wildman–Crippen LogP) is 1.30. The van der Waals surface area contributed by atoms with Gasteiger partial charge in [0.15, 0.2) is 4.67 Å². The molecule has 0 saturated carbocycles. The molecule has 1 atom stereocenters. The van der Waals surface area contributed by atoms with E-state index < -0.39 is 0 Å². The quantitative estimate of drug-likeness (QED) is 0.336. The maximum atomic E-state index is 11.7. The average Bonchev–Trinajstić information content (AvgIpc) is 2.63. The average molecular weight is 290 g/mol. The summed E-state index contributed by atoms with van der Waals surface area (Å²) in [5, 5.41) is 13.9. The standard InChI is InChI=1S/C9H12BrN3O3/c1-5(4-7(11)13-15)12-9(14)6-2-3-16-8(6)10/h2-3,5,15H,4H2,1H3,(H2,11,13)(H,12,14). The maximum Gasteiger partial charge on any atom is 0.255 e.